The van der Waals surface area contributed by atoms with E-state index in [1.54, 1.807) is 12.1 Å². The molecule has 0 radical (unpaired) electrons. The van der Waals surface area contributed by atoms with Gasteiger partial charge in [0.25, 0.3) is 5.91 Å². The van der Waals surface area contributed by atoms with Gasteiger partial charge in [0, 0.05) is 22.2 Å². The second-order valence-electron chi connectivity index (χ2n) is 6.47. The monoisotopic (exact) mass is 444 g/mol. The first-order valence-electron chi connectivity index (χ1n) is 8.44. The molecule has 0 saturated carbocycles. The third-order valence-electron chi connectivity index (χ3n) is 4.49. The Morgan fingerprint density at radius 3 is 2.62 bits per heavy atom. The Labute approximate surface area is 172 Å². The quantitative estimate of drug-likeness (QED) is 0.543. The van der Waals surface area contributed by atoms with E-state index >= 15 is 0 Å². The van der Waals surface area contributed by atoms with Gasteiger partial charge in [-0.3, -0.25) is 4.79 Å². The van der Waals surface area contributed by atoms with Gasteiger partial charge in [-0.05, 0) is 30.3 Å². The second kappa shape index (κ2) is 7.31. The minimum Gasteiger partial charge on any atom is -0.467 e. The van der Waals surface area contributed by atoms with Crippen LogP contribution in [0.1, 0.15) is 34.6 Å². The molecule has 2 N–H and O–H groups in total. The van der Waals surface area contributed by atoms with E-state index in [0.29, 0.717) is 21.5 Å². The fourth-order valence-electron chi connectivity index (χ4n) is 3.23. The summed E-state index contributed by atoms with van der Waals surface area (Å²) in [5.41, 5.74) is 0.254. The van der Waals surface area contributed by atoms with Crippen LogP contribution in [-0.2, 0) is 0 Å². The lowest BCUT2D eigenvalue weighted by Gasteiger charge is -2.32. The molecule has 152 valence electrons. The van der Waals surface area contributed by atoms with Crippen molar-refractivity contribution < 1.29 is 22.4 Å². The van der Waals surface area contributed by atoms with Crippen LogP contribution in [0.15, 0.2) is 47.2 Å². The number of alkyl halides is 3. The summed E-state index contributed by atoms with van der Waals surface area (Å²) < 4.78 is 46.9. The number of carbonyl (C=O) groups is 1. The minimum atomic E-state index is -4.55. The fourth-order valence-corrected chi connectivity index (χ4v) is 3.76. The lowest BCUT2D eigenvalue weighted by molar-refractivity contribution is -0.174. The van der Waals surface area contributed by atoms with E-state index in [4.69, 9.17) is 27.6 Å². The number of furan rings is 1. The number of carbonyl (C=O) groups excluding carboxylic acids is 1. The van der Waals surface area contributed by atoms with Gasteiger partial charge in [0.1, 0.15) is 17.1 Å². The molecule has 1 aromatic carbocycles. The van der Waals surface area contributed by atoms with Gasteiger partial charge in [0.05, 0.1) is 18.5 Å². The fraction of sp³-hybridized carbons (Fsp3) is 0.222. The van der Waals surface area contributed by atoms with Crippen molar-refractivity contribution in [3.8, 4) is 0 Å². The molecule has 0 bridgehead atoms. The number of hydrogen-bond donors (Lipinski definition) is 2. The Morgan fingerprint density at radius 1 is 1.28 bits per heavy atom. The average Bonchev–Trinajstić information content (AvgIpc) is 3.28. The summed E-state index contributed by atoms with van der Waals surface area (Å²) in [6.45, 7) is 0. The van der Waals surface area contributed by atoms with Gasteiger partial charge in [0.15, 0.2) is 6.04 Å². The van der Waals surface area contributed by atoms with Gasteiger partial charge in [-0.2, -0.15) is 18.3 Å². The smallest absolute Gasteiger partial charge is 0.410 e. The van der Waals surface area contributed by atoms with E-state index in [9.17, 15) is 18.0 Å². The van der Waals surface area contributed by atoms with Crippen LogP contribution in [0, 0.1) is 0 Å². The molecule has 0 unspecified atom stereocenters. The van der Waals surface area contributed by atoms with Crippen LogP contribution in [0.4, 0.5) is 24.7 Å². The first kappa shape index (κ1) is 19.7. The van der Waals surface area contributed by atoms with Crippen molar-refractivity contribution >= 4 is 40.6 Å². The number of hydrogen-bond acceptors (Lipinski definition) is 4. The largest absolute Gasteiger partial charge is 0.467 e. The first-order valence-corrected chi connectivity index (χ1v) is 9.19. The summed E-state index contributed by atoms with van der Waals surface area (Å²) in [6, 6.07) is 4.92. The van der Waals surface area contributed by atoms with Crippen molar-refractivity contribution in [3.05, 3.63) is 64.2 Å². The summed E-state index contributed by atoms with van der Waals surface area (Å²) in [6.07, 6.45) is -2.41. The van der Waals surface area contributed by atoms with Crippen molar-refractivity contribution in [2.24, 2.45) is 0 Å². The summed E-state index contributed by atoms with van der Waals surface area (Å²) in [4.78, 5) is 12.7. The van der Waals surface area contributed by atoms with Gasteiger partial charge < -0.3 is 15.1 Å². The van der Waals surface area contributed by atoms with E-state index in [1.165, 1.54) is 24.5 Å². The Kier molecular flexibility index (Phi) is 4.95. The second-order valence-corrected chi connectivity index (χ2v) is 7.34. The molecule has 4 rings (SSSR count). The van der Waals surface area contributed by atoms with Crippen molar-refractivity contribution in [1.29, 1.82) is 0 Å². The lowest BCUT2D eigenvalue weighted by Crippen LogP contribution is -2.36. The zero-order valence-electron chi connectivity index (χ0n) is 14.5. The summed E-state index contributed by atoms with van der Waals surface area (Å²) >= 11 is 11.8. The molecule has 1 aliphatic rings. The number of halogens is 5. The molecular weight excluding hydrogens is 432 g/mol. The van der Waals surface area contributed by atoms with Crippen LogP contribution < -0.4 is 10.6 Å². The van der Waals surface area contributed by atoms with Crippen LogP contribution in [0.2, 0.25) is 10.0 Å². The molecule has 0 spiro atoms. The number of benzene rings is 1. The molecule has 1 amide bonds. The topological polar surface area (TPSA) is 72.1 Å². The van der Waals surface area contributed by atoms with Crippen molar-refractivity contribution in [3.63, 3.8) is 0 Å². The van der Waals surface area contributed by atoms with E-state index in [1.807, 2.05) is 0 Å². The standard InChI is InChI=1S/C18H13Cl2F3N4O2/c19-9-4-10(20)6-11(5-9)25-17(28)12-8-24-27-15(18(21,22)23)7-13(26-16(12)27)14-2-1-3-29-14/h1-6,8,13,15,26H,7H2,(H,25,28)/t13-,15+/m0/s1. The molecular formula is C18H13Cl2F3N4O2. The van der Waals surface area contributed by atoms with Crippen molar-refractivity contribution in [1.82, 2.24) is 9.78 Å². The van der Waals surface area contributed by atoms with Crippen LogP contribution in [-0.4, -0.2) is 21.9 Å². The van der Waals surface area contributed by atoms with Crippen molar-refractivity contribution in [2.75, 3.05) is 10.6 Å². The molecule has 3 aromatic rings. The third kappa shape index (κ3) is 3.92. The van der Waals surface area contributed by atoms with Crippen molar-refractivity contribution in [2.45, 2.75) is 24.7 Å². The molecule has 0 saturated heterocycles. The van der Waals surface area contributed by atoms with E-state index in [2.05, 4.69) is 15.7 Å². The number of nitrogens with zero attached hydrogens (tertiary/aromatic N) is 2. The Balaban J connectivity index is 1.68. The van der Waals surface area contributed by atoms with E-state index in [-0.39, 0.29) is 17.8 Å². The van der Waals surface area contributed by atoms with Gasteiger partial charge in [0.2, 0.25) is 0 Å². The Hall–Kier alpha value is -2.65. The third-order valence-corrected chi connectivity index (χ3v) is 4.93. The number of amides is 1. The molecule has 6 nitrogen and oxygen atoms in total. The van der Waals surface area contributed by atoms with Gasteiger partial charge in [-0.1, -0.05) is 23.2 Å². The molecule has 1 aliphatic heterocycles. The highest BCUT2D eigenvalue weighted by atomic mass is 35.5. The maximum absolute atomic E-state index is 13.6. The summed E-state index contributed by atoms with van der Waals surface area (Å²) in [5, 5.41) is 9.92. The number of aromatic nitrogens is 2. The lowest BCUT2D eigenvalue weighted by atomic mass is 10.0. The highest BCUT2D eigenvalue weighted by molar-refractivity contribution is 6.35. The van der Waals surface area contributed by atoms with Crippen LogP contribution in [0.25, 0.3) is 0 Å². The predicted molar refractivity (Wildman–Crippen MR) is 101 cm³/mol. The molecule has 0 aliphatic carbocycles. The Morgan fingerprint density at radius 2 is 2.00 bits per heavy atom. The molecule has 2 atom stereocenters. The predicted octanol–water partition coefficient (Wildman–Crippen LogP) is 5.70. The number of nitrogens with one attached hydrogen (secondary N) is 2. The number of anilines is 2. The maximum atomic E-state index is 13.6. The van der Waals surface area contributed by atoms with Gasteiger partial charge in [-0.25, -0.2) is 4.68 Å². The zero-order valence-corrected chi connectivity index (χ0v) is 16.0. The molecule has 11 heteroatoms. The maximum Gasteiger partial charge on any atom is 0.410 e. The van der Waals surface area contributed by atoms with E-state index in [0.717, 1.165) is 10.9 Å². The molecule has 0 fully saturated rings. The van der Waals surface area contributed by atoms with Crippen LogP contribution >= 0.6 is 23.2 Å². The van der Waals surface area contributed by atoms with Gasteiger partial charge in [-0.15, -0.1) is 0 Å². The number of rotatable bonds is 3. The highest BCUT2D eigenvalue weighted by Gasteiger charge is 2.47. The Bertz CT molecular complexity index is 1030. The minimum absolute atomic E-state index is 0.0494. The summed E-state index contributed by atoms with van der Waals surface area (Å²) in [5.74, 6) is -0.372. The molecule has 3 heterocycles. The summed E-state index contributed by atoms with van der Waals surface area (Å²) in [7, 11) is 0. The van der Waals surface area contributed by atoms with Crippen LogP contribution in [0.5, 0.6) is 0 Å². The molecule has 29 heavy (non-hydrogen) atoms. The first-order chi connectivity index (χ1) is 13.7. The highest BCUT2D eigenvalue weighted by Crippen LogP contribution is 2.44. The number of fused-ring (bicyclic) bond motifs is 1. The van der Waals surface area contributed by atoms with Crippen LogP contribution in [0.3, 0.4) is 0 Å². The molecule has 2 aromatic heterocycles. The SMILES string of the molecule is O=C(Nc1cc(Cl)cc(Cl)c1)c1cnn2c1N[C@H](c1ccco1)C[C@@H]2C(F)(F)F. The van der Waals surface area contributed by atoms with Gasteiger partial charge >= 0.3 is 6.18 Å². The van der Waals surface area contributed by atoms with E-state index < -0.39 is 24.2 Å². The normalized spacial score (nSPS) is 18.8. The average molecular weight is 445 g/mol. The zero-order chi connectivity index (χ0) is 20.8.